The van der Waals surface area contributed by atoms with Gasteiger partial charge >= 0.3 is 0 Å². The van der Waals surface area contributed by atoms with Crippen molar-refractivity contribution in [1.82, 2.24) is 5.32 Å². The van der Waals surface area contributed by atoms with Gasteiger partial charge < -0.3 is 5.32 Å². The Morgan fingerprint density at radius 2 is 2.07 bits per heavy atom. The van der Waals surface area contributed by atoms with E-state index in [-0.39, 0.29) is 0 Å². The molecule has 0 aliphatic carbocycles. The van der Waals surface area contributed by atoms with Gasteiger partial charge in [0.25, 0.3) is 0 Å². The molecule has 0 aromatic heterocycles. The van der Waals surface area contributed by atoms with Crippen molar-refractivity contribution in [3.8, 4) is 0 Å². The average molecular weight is 256 g/mol. The van der Waals surface area contributed by atoms with Crippen LogP contribution < -0.4 is 5.32 Å². The van der Waals surface area contributed by atoms with Crippen molar-refractivity contribution in [2.75, 3.05) is 6.54 Å². The van der Waals surface area contributed by atoms with Gasteiger partial charge in [0.15, 0.2) is 0 Å². The van der Waals surface area contributed by atoms with E-state index < -0.39 is 0 Å². The SMILES string of the molecule is Cc1c(Br)cccc1CNCC(C)C. The molecule has 0 atom stereocenters. The van der Waals surface area contributed by atoms with E-state index in [0.717, 1.165) is 13.1 Å². The fraction of sp³-hybridized carbons (Fsp3) is 0.500. The Morgan fingerprint density at radius 3 is 2.71 bits per heavy atom. The average Bonchev–Trinajstić information content (AvgIpc) is 2.12. The van der Waals surface area contributed by atoms with Crippen molar-refractivity contribution in [3.63, 3.8) is 0 Å². The third kappa shape index (κ3) is 3.43. The number of hydrogen-bond acceptors (Lipinski definition) is 1. The second kappa shape index (κ2) is 5.52. The number of halogens is 1. The van der Waals surface area contributed by atoms with Crippen molar-refractivity contribution in [2.45, 2.75) is 27.3 Å². The van der Waals surface area contributed by atoms with Gasteiger partial charge in [-0.2, -0.15) is 0 Å². The number of benzene rings is 1. The normalized spacial score (nSPS) is 10.9. The van der Waals surface area contributed by atoms with Crippen LogP contribution in [-0.2, 0) is 6.54 Å². The first-order chi connectivity index (χ1) is 6.61. The van der Waals surface area contributed by atoms with E-state index in [1.807, 2.05) is 0 Å². The second-order valence-electron chi connectivity index (χ2n) is 4.05. The molecule has 1 rings (SSSR count). The highest BCUT2D eigenvalue weighted by atomic mass is 79.9. The zero-order valence-corrected chi connectivity index (χ0v) is 10.7. The molecule has 0 saturated heterocycles. The molecule has 78 valence electrons. The summed E-state index contributed by atoms with van der Waals surface area (Å²) in [4.78, 5) is 0. The molecule has 1 N–H and O–H groups in total. The molecule has 0 unspecified atom stereocenters. The molecule has 0 radical (unpaired) electrons. The smallest absolute Gasteiger partial charge is 0.0208 e. The largest absolute Gasteiger partial charge is 0.312 e. The van der Waals surface area contributed by atoms with Gasteiger partial charge in [-0.1, -0.05) is 41.9 Å². The molecule has 0 spiro atoms. The standard InChI is InChI=1S/C12H18BrN/c1-9(2)7-14-8-11-5-4-6-12(13)10(11)3/h4-6,9,14H,7-8H2,1-3H3. The summed E-state index contributed by atoms with van der Waals surface area (Å²) in [5.41, 5.74) is 2.71. The van der Waals surface area contributed by atoms with E-state index in [2.05, 4.69) is 60.2 Å². The molecular weight excluding hydrogens is 238 g/mol. The Balaban J connectivity index is 2.54. The Kier molecular flexibility index (Phi) is 4.63. The maximum absolute atomic E-state index is 3.54. The lowest BCUT2D eigenvalue weighted by molar-refractivity contribution is 0.551. The molecule has 14 heavy (non-hydrogen) atoms. The van der Waals surface area contributed by atoms with Crippen LogP contribution in [0.5, 0.6) is 0 Å². The lowest BCUT2D eigenvalue weighted by Gasteiger charge is -2.10. The molecule has 0 saturated carbocycles. The van der Waals surface area contributed by atoms with E-state index in [9.17, 15) is 0 Å². The van der Waals surface area contributed by atoms with Crippen molar-refractivity contribution in [1.29, 1.82) is 0 Å². The molecule has 1 aromatic carbocycles. The quantitative estimate of drug-likeness (QED) is 0.869. The Bertz CT molecular complexity index is 294. The van der Waals surface area contributed by atoms with E-state index in [0.29, 0.717) is 5.92 Å². The van der Waals surface area contributed by atoms with Crippen molar-refractivity contribution in [2.24, 2.45) is 5.92 Å². The highest BCUT2D eigenvalue weighted by Gasteiger charge is 2.01. The highest BCUT2D eigenvalue weighted by molar-refractivity contribution is 9.10. The summed E-state index contributed by atoms with van der Waals surface area (Å²) in [5.74, 6) is 0.711. The summed E-state index contributed by atoms with van der Waals surface area (Å²) in [6, 6.07) is 6.35. The van der Waals surface area contributed by atoms with Gasteiger partial charge in [0, 0.05) is 11.0 Å². The predicted molar refractivity (Wildman–Crippen MR) is 65.4 cm³/mol. The topological polar surface area (TPSA) is 12.0 Å². The van der Waals surface area contributed by atoms with Gasteiger partial charge in [0.1, 0.15) is 0 Å². The maximum Gasteiger partial charge on any atom is 0.0208 e. The summed E-state index contributed by atoms with van der Waals surface area (Å²) in [5, 5.41) is 3.45. The zero-order chi connectivity index (χ0) is 10.6. The lowest BCUT2D eigenvalue weighted by Crippen LogP contribution is -2.19. The Morgan fingerprint density at radius 1 is 1.36 bits per heavy atom. The van der Waals surface area contributed by atoms with Gasteiger partial charge in [-0.05, 0) is 36.6 Å². The fourth-order valence-electron chi connectivity index (χ4n) is 1.34. The third-order valence-corrected chi connectivity index (χ3v) is 3.11. The minimum Gasteiger partial charge on any atom is -0.312 e. The van der Waals surface area contributed by atoms with Gasteiger partial charge in [-0.15, -0.1) is 0 Å². The molecule has 0 bridgehead atoms. The van der Waals surface area contributed by atoms with Crippen molar-refractivity contribution >= 4 is 15.9 Å². The summed E-state index contributed by atoms with van der Waals surface area (Å²) >= 11 is 3.54. The second-order valence-corrected chi connectivity index (χ2v) is 4.90. The van der Waals surface area contributed by atoms with E-state index >= 15 is 0 Å². The Labute approximate surface area is 95.0 Å². The van der Waals surface area contributed by atoms with Crippen LogP contribution in [0, 0.1) is 12.8 Å². The summed E-state index contributed by atoms with van der Waals surface area (Å²) in [7, 11) is 0. The van der Waals surface area contributed by atoms with Gasteiger partial charge in [0.2, 0.25) is 0 Å². The summed E-state index contributed by atoms with van der Waals surface area (Å²) in [6.07, 6.45) is 0. The van der Waals surface area contributed by atoms with Gasteiger partial charge in [-0.25, -0.2) is 0 Å². The van der Waals surface area contributed by atoms with Crippen molar-refractivity contribution < 1.29 is 0 Å². The Hall–Kier alpha value is -0.340. The summed E-state index contributed by atoms with van der Waals surface area (Å²) < 4.78 is 1.20. The van der Waals surface area contributed by atoms with E-state index in [1.165, 1.54) is 15.6 Å². The zero-order valence-electron chi connectivity index (χ0n) is 9.10. The number of hydrogen-bond donors (Lipinski definition) is 1. The molecule has 0 amide bonds. The van der Waals surface area contributed by atoms with Crippen molar-refractivity contribution in [3.05, 3.63) is 33.8 Å². The fourth-order valence-corrected chi connectivity index (χ4v) is 1.75. The first-order valence-electron chi connectivity index (χ1n) is 5.06. The third-order valence-electron chi connectivity index (χ3n) is 2.25. The van der Waals surface area contributed by atoms with Crippen LogP contribution in [0.25, 0.3) is 0 Å². The van der Waals surface area contributed by atoms with Gasteiger partial charge in [0.05, 0.1) is 0 Å². The lowest BCUT2D eigenvalue weighted by atomic mass is 10.1. The molecular formula is C12H18BrN. The molecule has 2 heteroatoms. The molecule has 0 fully saturated rings. The minimum atomic E-state index is 0.711. The first-order valence-corrected chi connectivity index (χ1v) is 5.85. The van der Waals surface area contributed by atoms with Crippen LogP contribution in [0.2, 0.25) is 0 Å². The summed E-state index contributed by atoms with van der Waals surface area (Å²) in [6.45, 7) is 8.63. The van der Waals surface area contributed by atoms with E-state index in [1.54, 1.807) is 0 Å². The van der Waals surface area contributed by atoms with Crippen LogP contribution in [0.4, 0.5) is 0 Å². The van der Waals surface area contributed by atoms with Crippen LogP contribution >= 0.6 is 15.9 Å². The first kappa shape index (κ1) is 11.7. The van der Waals surface area contributed by atoms with E-state index in [4.69, 9.17) is 0 Å². The molecule has 1 aromatic rings. The number of nitrogens with one attached hydrogen (secondary N) is 1. The minimum absolute atomic E-state index is 0.711. The van der Waals surface area contributed by atoms with Crippen LogP contribution in [0.1, 0.15) is 25.0 Å². The molecule has 1 nitrogen and oxygen atoms in total. The van der Waals surface area contributed by atoms with Gasteiger partial charge in [-0.3, -0.25) is 0 Å². The molecule has 0 heterocycles. The monoisotopic (exact) mass is 255 g/mol. The highest BCUT2D eigenvalue weighted by Crippen LogP contribution is 2.19. The number of rotatable bonds is 4. The predicted octanol–water partition coefficient (Wildman–Crippen LogP) is 3.50. The molecule has 0 aliphatic rings. The molecule has 0 aliphatic heterocycles. The van der Waals surface area contributed by atoms with Crippen LogP contribution in [0.15, 0.2) is 22.7 Å². The van der Waals surface area contributed by atoms with Crippen LogP contribution in [-0.4, -0.2) is 6.54 Å². The maximum atomic E-state index is 3.54. The van der Waals surface area contributed by atoms with Crippen LogP contribution in [0.3, 0.4) is 0 Å².